The molecule has 1 aliphatic rings. The first-order valence-electron chi connectivity index (χ1n) is 8.17. The lowest BCUT2D eigenvalue weighted by Crippen LogP contribution is -2.27. The van der Waals surface area contributed by atoms with Crippen molar-refractivity contribution in [2.24, 2.45) is 0 Å². The van der Waals surface area contributed by atoms with Crippen molar-refractivity contribution in [1.82, 2.24) is 15.1 Å². The smallest absolute Gasteiger partial charge is 0.0788 e. The van der Waals surface area contributed by atoms with Crippen molar-refractivity contribution < 1.29 is 0 Å². The largest absolute Gasteiger partial charge is 0.302 e. The molecule has 0 unspecified atom stereocenters. The van der Waals surface area contributed by atoms with Crippen molar-refractivity contribution in [1.29, 1.82) is 0 Å². The first-order chi connectivity index (χ1) is 11.3. The quantitative estimate of drug-likeness (QED) is 0.802. The van der Waals surface area contributed by atoms with Crippen LogP contribution >= 0.6 is 0 Å². The Kier molecular flexibility index (Phi) is 3.72. The average molecular weight is 303 g/mol. The highest BCUT2D eigenvalue weighted by Crippen LogP contribution is 2.35. The molecule has 2 heterocycles. The number of fused-ring (bicyclic) bond motifs is 1. The summed E-state index contributed by atoms with van der Waals surface area (Å²) in [5.41, 5.74) is 6.43. The average Bonchev–Trinajstić information content (AvgIpc) is 3.00. The van der Waals surface area contributed by atoms with Gasteiger partial charge >= 0.3 is 0 Å². The van der Waals surface area contributed by atoms with Crippen LogP contribution in [-0.2, 0) is 13.0 Å². The first kappa shape index (κ1) is 14.2. The molecule has 3 aromatic rings. The zero-order valence-corrected chi connectivity index (χ0v) is 13.4. The van der Waals surface area contributed by atoms with Gasteiger partial charge in [0.1, 0.15) is 0 Å². The number of hydrogen-bond acceptors (Lipinski definition) is 2. The molecule has 23 heavy (non-hydrogen) atoms. The predicted molar refractivity (Wildman–Crippen MR) is 92.5 cm³/mol. The summed E-state index contributed by atoms with van der Waals surface area (Å²) < 4.78 is 0. The van der Waals surface area contributed by atoms with Crippen molar-refractivity contribution in [2.45, 2.75) is 18.9 Å². The predicted octanol–water partition coefficient (Wildman–Crippen LogP) is 3.58. The summed E-state index contributed by atoms with van der Waals surface area (Å²) in [6.45, 7) is 2.06. The second-order valence-corrected chi connectivity index (χ2v) is 6.31. The minimum absolute atomic E-state index is 0.184. The Morgan fingerprint density at radius 1 is 0.957 bits per heavy atom. The van der Waals surface area contributed by atoms with E-state index < -0.39 is 0 Å². The molecule has 2 aromatic carbocycles. The third-order valence-corrected chi connectivity index (χ3v) is 4.70. The number of likely N-dealkylation sites (N-methyl/N-ethyl adjacent to an activating group) is 1. The summed E-state index contributed by atoms with van der Waals surface area (Å²) in [5.74, 6) is 0.184. The van der Waals surface area contributed by atoms with Gasteiger partial charge < -0.3 is 4.90 Å². The second-order valence-electron chi connectivity index (χ2n) is 6.31. The highest BCUT2D eigenvalue weighted by Gasteiger charge is 2.27. The maximum Gasteiger partial charge on any atom is 0.0788 e. The van der Waals surface area contributed by atoms with Gasteiger partial charge in [0.15, 0.2) is 0 Å². The minimum Gasteiger partial charge on any atom is -0.302 e. The lowest BCUT2D eigenvalue weighted by molar-refractivity contribution is 0.310. The summed E-state index contributed by atoms with van der Waals surface area (Å²) >= 11 is 0. The van der Waals surface area contributed by atoms with Gasteiger partial charge in [-0.2, -0.15) is 5.10 Å². The number of rotatable bonds is 3. The Bertz CT molecular complexity index is 738. The zero-order valence-electron chi connectivity index (χ0n) is 13.4. The number of aromatic amines is 1. The Hall–Kier alpha value is -2.39. The van der Waals surface area contributed by atoms with Crippen molar-refractivity contribution in [3.63, 3.8) is 0 Å². The molecule has 1 aromatic heterocycles. The van der Waals surface area contributed by atoms with Crippen LogP contribution in [0.1, 0.15) is 34.0 Å². The number of benzene rings is 2. The fourth-order valence-corrected chi connectivity index (χ4v) is 3.49. The van der Waals surface area contributed by atoms with Crippen LogP contribution in [0.15, 0.2) is 60.7 Å². The zero-order chi connectivity index (χ0) is 15.6. The normalized spacial score (nSPS) is 14.9. The van der Waals surface area contributed by atoms with Crippen molar-refractivity contribution in [3.8, 4) is 0 Å². The minimum atomic E-state index is 0.184. The Morgan fingerprint density at radius 3 is 2.17 bits per heavy atom. The molecule has 0 spiro atoms. The fourth-order valence-electron chi connectivity index (χ4n) is 3.49. The molecule has 4 rings (SSSR count). The molecule has 3 heteroatoms. The van der Waals surface area contributed by atoms with E-state index in [0.29, 0.717) is 0 Å². The molecule has 0 bridgehead atoms. The third kappa shape index (κ3) is 2.68. The van der Waals surface area contributed by atoms with Crippen molar-refractivity contribution in [2.75, 3.05) is 13.6 Å². The molecular weight excluding hydrogens is 282 g/mol. The van der Waals surface area contributed by atoms with E-state index in [1.54, 1.807) is 0 Å². The van der Waals surface area contributed by atoms with Crippen LogP contribution < -0.4 is 0 Å². The van der Waals surface area contributed by atoms with E-state index in [4.69, 9.17) is 5.10 Å². The van der Waals surface area contributed by atoms with Crippen LogP contribution in [0.25, 0.3) is 0 Å². The summed E-state index contributed by atoms with van der Waals surface area (Å²) in [6, 6.07) is 21.4. The van der Waals surface area contributed by atoms with Gasteiger partial charge in [-0.05, 0) is 18.2 Å². The van der Waals surface area contributed by atoms with Crippen LogP contribution in [0.2, 0.25) is 0 Å². The lowest BCUT2D eigenvalue weighted by atomic mass is 9.85. The SMILES string of the molecule is CN1CCc2[nH]nc(C(c3ccccc3)c3ccccc3)c2C1. The molecule has 0 amide bonds. The van der Waals surface area contributed by atoms with Gasteiger partial charge in [-0.1, -0.05) is 60.7 Å². The molecular formula is C20H21N3. The van der Waals surface area contributed by atoms with Crippen LogP contribution in [0.4, 0.5) is 0 Å². The number of H-pyrrole nitrogens is 1. The Morgan fingerprint density at radius 2 is 1.57 bits per heavy atom. The van der Waals surface area contributed by atoms with E-state index in [-0.39, 0.29) is 5.92 Å². The van der Waals surface area contributed by atoms with Gasteiger partial charge in [0.25, 0.3) is 0 Å². The number of hydrogen-bond donors (Lipinski definition) is 1. The molecule has 0 radical (unpaired) electrons. The molecule has 0 saturated heterocycles. The highest BCUT2D eigenvalue weighted by atomic mass is 15.2. The van der Waals surface area contributed by atoms with Crippen LogP contribution in [0, 0.1) is 0 Å². The topological polar surface area (TPSA) is 31.9 Å². The number of nitrogens with one attached hydrogen (secondary N) is 1. The van der Waals surface area contributed by atoms with E-state index in [9.17, 15) is 0 Å². The number of nitrogens with zero attached hydrogens (tertiary/aromatic N) is 2. The summed E-state index contributed by atoms with van der Waals surface area (Å²) in [5, 5.41) is 8.02. The van der Waals surface area contributed by atoms with Crippen LogP contribution in [0.5, 0.6) is 0 Å². The summed E-state index contributed by atoms with van der Waals surface area (Å²) in [4.78, 5) is 2.37. The van der Waals surface area contributed by atoms with E-state index >= 15 is 0 Å². The van der Waals surface area contributed by atoms with E-state index in [2.05, 4.69) is 77.7 Å². The second kappa shape index (κ2) is 6.01. The van der Waals surface area contributed by atoms with Crippen LogP contribution in [0.3, 0.4) is 0 Å². The van der Waals surface area contributed by atoms with Crippen LogP contribution in [-0.4, -0.2) is 28.7 Å². The molecule has 0 atom stereocenters. The van der Waals surface area contributed by atoms with Crippen molar-refractivity contribution in [3.05, 3.63) is 88.7 Å². The molecule has 1 N–H and O–H groups in total. The lowest BCUT2D eigenvalue weighted by Gasteiger charge is -2.24. The monoisotopic (exact) mass is 303 g/mol. The molecule has 0 saturated carbocycles. The molecule has 0 fully saturated rings. The summed E-state index contributed by atoms with van der Waals surface area (Å²) in [7, 11) is 2.18. The highest BCUT2D eigenvalue weighted by molar-refractivity contribution is 5.44. The standard InChI is InChI=1S/C20H21N3/c1-23-13-12-18-17(14-23)20(22-21-18)19(15-8-4-2-5-9-15)16-10-6-3-7-11-16/h2-11,19H,12-14H2,1H3,(H,21,22). The van der Waals surface area contributed by atoms with Gasteiger partial charge in [-0.15, -0.1) is 0 Å². The van der Waals surface area contributed by atoms with E-state index in [1.165, 1.54) is 28.1 Å². The summed E-state index contributed by atoms with van der Waals surface area (Å²) in [6.07, 6.45) is 1.05. The maximum atomic E-state index is 4.73. The van der Waals surface area contributed by atoms with Gasteiger partial charge in [0, 0.05) is 30.8 Å². The fraction of sp³-hybridized carbons (Fsp3) is 0.250. The van der Waals surface area contributed by atoms with Gasteiger partial charge in [0.2, 0.25) is 0 Å². The van der Waals surface area contributed by atoms with Gasteiger partial charge in [0.05, 0.1) is 11.6 Å². The third-order valence-electron chi connectivity index (χ3n) is 4.70. The molecule has 0 aliphatic carbocycles. The Labute approximate surface area is 137 Å². The Balaban J connectivity index is 1.85. The molecule has 3 nitrogen and oxygen atoms in total. The van der Waals surface area contributed by atoms with Gasteiger partial charge in [-0.25, -0.2) is 0 Å². The van der Waals surface area contributed by atoms with E-state index in [1.807, 2.05) is 0 Å². The molecule has 1 aliphatic heterocycles. The van der Waals surface area contributed by atoms with Gasteiger partial charge in [-0.3, -0.25) is 5.10 Å². The number of aromatic nitrogens is 2. The van der Waals surface area contributed by atoms with Crippen molar-refractivity contribution >= 4 is 0 Å². The maximum absolute atomic E-state index is 4.73. The first-order valence-corrected chi connectivity index (χ1v) is 8.17. The van der Waals surface area contributed by atoms with E-state index in [0.717, 1.165) is 19.5 Å². The molecule has 116 valence electrons.